The van der Waals surface area contributed by atoms with Gasteiger partial charge in [-0.15, -0.1) is 0 Å². The Labute approximate surface area is 183 Å². The lowest BCUT2D eigenvalue weighted by molar-refractivity contribution is -0.382. The first kappa shape index (κ1) is 29.0. The van der Waals surface area contributed by atoms with Crippen molar-refractivity contribution in [3.63, 3.8) is 0 Å². The van der Waals surface area contributed by atoms with E-state index < -0.39 is 51.9 Å². The molecule has 0 saturated carbocycles. The highest BCUT2D eigenvalue weighted by Crippen LogP contribution is 2.55. The van der Waals surface area contributed by atoms with Gasteiger partial charge in [0.1, 0.15) is 0 Å². The maximum absolute atomic E-state index is 13.8. The van der Waals surface area contributed by atoms with Crippen molar-refractivity contribution in [2.24, 2.45) is 0 Å². The quantitative estimate of drug-likeness (QED) is 0.237. The zero-order valence-electron chi connectivity index (χ0n) is 17.1. The maximum Gasteiger partial charge on any atom is 0.460 e. The Morgan fingerprint density at radius 2 is 1.39 bits per heavy atom. The molecule has 1 aromatic carbocycles. The molecule has 15 heteroatoms. The highest BCUT2D eigenvalue weighted by molar-refractivity contribution is 7.87. The van der Waals surface area contributed by atoms with Crippen molar-refractivity contribution >= 4 is 16.1 Å². The predicted molar refractivity (Wildman–Crippen MR) is 95.5 cm³/mol. The fourth-order valence-corrected chi connectivity index (χ4v) is 3.54. The SMILES string of the molecule is CCc1ccc(CCCC(OS(=O)(=O)C(F)(F)C(F)(F)C(F)(F)C(F)(F)F)C(=O)OC)cc1. The molecule has 0 aromatic heterocycles. The number of benzene rings is 1. The maximum atomic E-state index is 13.8. The number of aryl methyl sites for hydroxylation is 2. The van der Waals surface area contributed by atoms with Crippen molar-refractivity contribution in [1.82, 2.24) is 0 Å². The Balaban J connectivity index is 3.09. The average Bonchev–Trinajstić information content (AvgIpc) is 2.71. The van der Waals surface area contributed by atoms with E-state index in [1.54, 1.807) is 24.3 Å². The number of ether oxygens (including phenoxy) is 1. The fourth-order valence-electron chi connectivity index (χ4n) is 2.50. The molecule has 1 unspecified atom stereocenters. The summed E-state index contributed by atoms with van der Waals surface area (Å²) < 4.78 is 148. The predicted octanol–water partition coefficient (Wildman–Crippen LogP) is 4.89. The van der Waals surface area contributed by atoms with Crippen LogP contribution in [0.5, 0.6) is 0 Å². The van der Waals surface area contributed by atoms with E-state index >= 15 is 0 Å². The molecule has 190 valence electrons. The third-order valence-corrected chi connectivity index (χ3v) is 5.87. The van der Waals surface area contributed by atoms with Crippen molar-refractivity contribution in [1.29, 1.82) is 0 Å². The molecule has 0 radical (unpaired) electrons. The molecule has 0 aliphatic carbocycles. The average molecular weight is 518 g/mol. The number of halogens is 9. The van der Waals surface area contributed by atoms with E-state index in [1.165, 1.54) is 0 Å². The largest absolute Gasteiger partial charge is 0.467 e. The van der Waals surface area contributed by atoms with Crippen LogP contribution in [0, 0.1) is 0 Å². The molecule has 0 fully saturated rings. The normalized spacial score (nSPS) is 14.8. The van der Waals surface area contributed by atoms with Crippen molar-refractivity contribution in [2.45, 2.75) is 62.0 Å². The van der Waals surface area contributed by atoms with Gasteiger partial charge in [-0.1, -0.05) is 31.2 Å². The number of hydrogen-bond acceptors (Lipinski definition) is 5. The Hall–Kier alpha value is -2.03. The monoisotopic (exact) mass is 518 g/mol. The molecule has 1 atom stereocenters. The van der Waals surface area contributed by atoms with Crippen molar-refractivity contribution in [3.8, 4) is 0 Å². The van der Waals surface area contributed by atoms with Crippen LogP contribution < -0.4 is 0 Å². The summed E-state index contributed by atoms with van der Waals surface area (Å²) in [7, 11) is -6.53. The molecule has 0 aliphatic rings. The topological polar surface area (TPSA) is 69.7 Å². The highest BCUT2D eigenvalue weighted by atomic mass is 32.2. The van der Waals surface area contributed by atoms with Gasteiger partial charge in [0, 0.05) is 0 Å². The Kier molecular flexibility index (Phi) is 8.85. The summed E-state index contributed by atoms with van der Waals surface area (Å²) in [5, 5.41) is -7.05. The van der Waals surface area contributed by atoms with Gasteiger partial charge in [0.15, 0.2) is 6.10 Å². The van der Waals surface area contributed by atoms with Crippen LogP contribution in [-0.4, -0.2) is 50.9 Å². The first-order chi connectivity index (χ1) is 14.9. The van der Waals surface area contributed by atoms with E-state index in [0.717, 1.165) is 12.0 Å². The molecule has 0 heterocycles. The minimum Gasteiger partial charge on any atom is -0.467 e. The molecule has 0 amide bonds. The summed E-state index contributed by atoms with van der Waals surface area (Å²) in [6.07, 6.45) is -9.75. The van der Waals surface area contributed by atoms with Gasteiger partial charge in [-0.3, -0.25) is 4.18 Å². The number of hydrogen-bond donors (Lipinski definition) is 0. The number of methoxy groups -OCH3 is 1. The number of carbonyl (C=O) groups is 1. The van der Waals surface area contributed by atoms with E-state index in [1.807, 2.05) is 6.92 Å². The van der Waals surface area contributed by atoms with E-state index in [9.17, 15) is 52.7 Å². The molecule has 0 saturated heterocycles. The molecular weight excluding hydrogens is 499 g/mol. The molecule has 0 N–H and O–H groups in total. The van der Waals surface area contributed by atoms with Crippen LogP contribution in [0.1, 0.15) is 30.9 Å². The van der Waals surface area contributed by atoms with E-state index in [-0.39, 0.29) is 12.8 Å². The van der Waals surface area contributed by atoms with Gasteiger partial charge in [0.2, 0.25) is 0 Å². The third kappa shape index (κ3) is 5.91. The smallest absolute Gasteiger partial charge is 0.460 e. The molecule has 5 nitrogen and oxygen atoms in total. The molecule has 0 spiro atoms. The minimum atomic E-state index is -7.46. The summed E-state index contributed by atoms with van der Waals surface area (Å²) in [6.45, 7) is 1.89. The van der Waals surface area contributed by atoms with Crippen LogP contribution in [0.15, 0.2) is 24.3 Å². The number of carbonyl (C=O) groups excluding carboxylic acids is 1. The second kappa shape index (κ2) is 10.1. The third-order valence-electron chi connectivity index (χ3n) is 4.50. The molecular formula is C18H19F9O5S. The summed E-state index contributed by atoms with van der Waals surface area (Å²) >= 11 is 0. The van der Waals surface area contributed by atoms with E-state index in [4.69, 9.17) is 0 Å². The fraction of sp³-hybridized carbons (Fsp3) is 0.611. The first-order valence-electron chi connectivity index (χ1n) is 9.14. The lowest BCUT2D eigenvalue weighted by atomic mass is 10.0. The van der Waals surface area contributed by atoms with Gasteiger partial charge >= 0.3 is 39.4 Å². The van der Waals surface area contributed by atoms with Gasteiger partial charge in [0.05, 0.1) is 7.11 Å². The summed E-state index contributed by atoms with van der Waals surface area (Å²) in [6, 6.07) is 6.82. The van der Waals surface area contributed by atoms with Crippen LogP contribution in [0.25, 0.3) is 0 Å². The van der Waals surface area contributed by atoms with E-state index in [2.05, 4.69) is 8.92 Å². The first-order valence-corrected chi connectivity index (χ1v) is 10.5. The zero-order chi connectivity index (χ0) is 25.9. The van der Waals surface area contributed by atoms with Gasteiger partial charge < -0.3 is 4.74 Å². The molecule has 1 rings (SSSR count). The lowest BCUT2D eigenvalue weighted by Gasteiger charge is -2.33. The van der Waals surface area contributed by atoms with Crippen molar-refractivity contribution < 1.29 is 61.6 Å². The lowest BCUT2D eigenvalue weighted by Crippen LogP contribution is -2.63. The minimum absolute atomic E-state index is 0.125. The number of rotatable bonds is 11. The second-order valence-corrected chi connectivity index (χ2v) is 8.40. The van der Waals surface area contributed by atoms with Gasteiger partial charge in [-0.25, -0.2) is 4.79 Å². The Bertz CT molecular complexity index is 912. The standard InChI is InChI=1S/C18H19F9O5S/c1-3-11-7-9-12(10-8-11)5-4-6-13(14(28)31-2)32-33(29,30)18(26,27)16(21,22)15(19,20)17(23,24)25/h7-10,13H,3-6H2,1-2H3. The molecule has 1 aromatic rings. The van der Waals surface area contributed by atoms with Crippen molar-refractivity contribution in [2.75, 3.05) is 7.11 Å². The van der Waals surface area contributed by atoms with Gasteiger partial charge in [0.25, 0.3) is 0 Å². The van der Waals surface area contributed by atoms with Crippen LogP contribution in [0.3, 0.4) is 0 Å². The Morgan fingerprint density at radius 1 is 0.909 bits per heavy atom. The number of alkyl halides is 9. The summed E-state index contributed by atoms with van der Waals surface area (Å²) in [5.41, 5.74) is 1.62. The molecule has 0 aliphatic heterocycles. The zero-order valence-corrected chi connectivity index (χ0v) is 17.9. The van der Waals surface area contributed by atoms with Gasteiger partial charge in [-0.2, -0.15) is 47.9 Å². The van der Waals surface area contributed by atoms with Crippen LogP contribution >= 0.6 is 0 Å². The highest BCUT2D eigenvalue weighted by Gasteiger charge is 2.86. The van der Waals surface area contributed by atoms with Crippen molar-refractivity contribution in [3.05, 3.63) is 35.4 Å². The van der Waals surface area contributed by atoms with Crippen LogP contribution in [0.2, 0.25) is 0 Å². The second-order valence-electron chi connectivity index (χ2n) is 6.79. The summed E-state index contributed by atoms with van der Waals surface area (Å²) in [4.78, 5) is 11.7. The Morgan fingerprint density at radius 3 is 1.82 bits per heavy atom. The molecule has 33 heavy (non-hydrogen) atoms. The van der Waals surface area contributed by atoms with Crippen LogP contribution in [-0.2, 0) is 36.7 Å². The van der Waals surface area contributed by atoms with Crippen LogP contribution in [0.4, 0.5) is 39.5 Å². The van der Waals surface area contributed by atoms with E-state index in [0.29, 0.717) is 12.7 Å². The van der Waals surface area contributed by atoms with Gasteiger partial charge in [-0.05, 0) is 36.8 Å². The molecule has 0 bridgehead atoms. The summed E-state index contributed by atoms with van der Waals surface area (Å²) in [5.74, 6) is -16.5. The number of esters is 1.